The smallest absolute Gasteiger partial charge is 0.338 e. The minimum atomic E-state index is -0.339. The first-order chi connectivity index (χ1) is 31.7. The van der Waals surface area contributed by atoms with E-state index in [9.17, 15) is 4.79 Å². The van der Waals surface area contributed by atoms with E-state index in [-0.39, 0.29) is 87.2 Å². The Bertz CT molecular complexity index is 2230. The van der Waals surface area contributed by atoms with Crippen LogP contribution in [0.3, 0.4) is 0 Å². The number of nitrogens with one attached hydrogen (secondary N) is 3. The van der Waals surface area contributed by atoms with E-state index in [1.165, 1.54) is 21.5 Å². The Labute approximate surface area is 377 Å². The molecule has 5 aromatic carbocycles. The van der Waals surface area contributed by atoms with Gasteiger partial charge in [0, 0.05) is 12.1 Å². The maximum Gasteiger partial charge on any atom is 0.338 e. The lowest BCUT2D eigenvalue weighted by molar-refractivity contribution is -0.463. The molecule has 0 aliphatic heterocycles. The molecule has 0 spiro atoms. The summed E-state index contributed by atoms with van der Waals surface area (Å²) in [4.78, 5) is 23.5. The number of nitrogens with two attached hydrogens (primary N) is 6. The van der Waals surface area contributed by atoms with Crippen molar-refractivity contribution in [3.05, 3.63) is 77.9 Å². The average molecular weight is 905 g/mol. The fourth-order valence-corrected chi connectivity index (χ4v) is 6.66. The van der Waals surface area contributed by atoms with Gasteiger partial charge in [-0.3, -0.25) is 42.7 Å². The Kier molecular flexibility index (Phi) is 21.1. The predicted molar refractivity (Wildman–Crippen MR) is 248 cm³/mol. The zero-order valence-electron chi connectivity index (χ0n) is 36.8. The number of carbonyl (C=O) groups is 1. The summed E-state index contributed by atoms with van der Waals surface area (Å²) in [5.41, 5.74) is 33.6. The maximum atomic E-state index is 14.1. The van der Waals surface area contributed by atoms with Gasteiger partial charge < -0.3 is 59.4 Å². The summed E-state index contributed by atoms with van der Waals surface area (Å²) in [7, 11) is 0. The molecule has 0 unspecified atom stereocenters. The normalized spacial score (nSPS) is 11.2. The standard InChI is InChI=1S/C45H62N10O10/c46-43(47)52-10-13-57-16-19-60-22-25-63-37-28-35(42(56)55-30-34-7-6-33-5-4-31-2-1-3-32-8-9-36(34)40(33)39(31)32)29-38(64-26-23-61-20-17-58-14-11-53-44(48)49)41(37)65-27-24-62-21-18-59-15-12-54-45(50)51/h1-9,28-29H,10-27,30H2,(H,55,56)(H4,46,47,52)(H4,48,49,53)(H4,50,51,54)/p+2. The van der Waals surface area contributed by atoms with Crippen LogP contribution in [0.2, 0.25) is 0 Å². The van der Waals surface area contributed by atoms with Gasteiger partial charge in [-0.05, 0) is 50.0 Å². The highest BCUT2D eigenvalue weighted by Crippen LogP contribution is 2.40. The number of carbonyl (C=O) groups excluding carboxylic acids is 1. The third-order valence-electron chi connectivity index (χ3n) is 9.58. The summed E-state index contributed by atoms with van der Waals surface area (Å²) in [5, 5.41) is 10.0. The quantitative estimate of drug-likeness (QED) is 0.00928. The molecule has 5 aromatic rings. The molecule has 20 heteroatoms. The van der Waals surface area contributed by atoms with Crippen LogP contribution in [0.4, 0.5) is 0 Å². The highest BCUT2D eigenvalue weighted by atomic mass is 16.6. The molecule has 0 aliphatic rings. The molecule has 352 valence electrons. The number of hydrogen-bond donors (Lipinski definition) is 9. The molecule has 0 fully saturated rings. The van der Waals surface area contributed by atoms with E-state index >= 15 is 0 Å². The number of rotatable bonds is 33. The largest absolute Gasteiger partial charge is 0.487 e. The molecule has 0 heterocycles. The first-order valence-corrected chi connectivity index (χ1v) is 21.5. The second-order valence-corrected chi connectivity index (χ2v) is 14.4. The Hall–Kier alpha value is -6.42. The van der Waals surface area contributed by atoms with Crippen LogP contribution in [0.1, 0.15) is 15.9 Å². The molecule has 0 saturated carbocycles. The molecule has 0 saturated heterocycles. The van der Waals surface area contributed by atoms with Crippen LogP contribution in [-0.4, -0.2) is 143 Å². The van der Waals surface area contributed by atoms with Crippen LogP contribution in [0.25, 0.3) is 32.3 Å². The number of guanidine groups is 3. The van der Waals surface area contributed by atoms with Crippen LogP contribution < -0.4 is 63.9 Å². The van der Waals surface area contributed by atoms with Gasteiger partial charge in [-0.25, -0.2) is 0 Å². The van der Waals surface area contributed by atoms with Crippen molar-refractivity contribution in [3.8, 4) is 17.2 Å². The molecule has 0 bridgehead atoms. The van der Waals surface area contributed by atoms with Crippen molar-refractivity contribution < 1.29 is 57.4 Å². The van der Waals surface area contributed by atoms with Gasteiger partial charge in [-0.1, -0.05) is 54.6 Å². The van der Waals surface area contributed by atoms with Gasteiger partial charge in [0.25, 0.3) is 5.91 Å². The summed E-state index contributed by atoms with van der Waals surface area (Å²) < 4.78 is 52.5. The van der Waals surface area contributed by atoms with Gasteiger partial charge in [0.1, 0.15) is 19.8 Å². The summed E-state index contributed by atoms with van der Waals surface area (Å²) in [6.07, 6.45) is 0. The molecule has 0 atom stereocenters. The Morgan fingerprint density at radius 2 is 0.985 bits per heavy atom. The molecular formula is C45H64N10O10+2. The third-order valence-corrected chi connectivity index (χ3v) is 9.58. The average Bonchev–Trinajstić information content (AvgIpc) is 3.29. The minimum absolute atomic E-state index is 0.00760. The molecule has 5 rings (SSSR count). The lowest BCUT2D eigenvalue weighted by atomic mass is 9.92. The monoisotopic (exact) mass is 904 g/mol. The van der Waals surface area contributed by atoms with Crippen molar-refractivity contribution in [2.45, 2.75) is 6.54 Å². The zero-order chi connectivity index (χ0) is 46.1. The molecule has 15 N–H and O–H groups in total. The molecule has 0 radical (unpaired) electrons. The van der Waals surface area contributed by atoms with Gasteiger partial charge >= 0.3 is 11.9 Å². The van der Waals surface area contributed by atoms with Crippen molar-refractivity contribution in [1.82, 2.24) is 5.32 Å². The third kappa shape index (κ3) is 16.9. The van der Waals surface area contributed by atoms with Crippen LogP contribution in [0, 0.1) is 0 Å². The summed E-state index contributed by atoms with van der Waals surface area (Å²) in [6, 6.07) is 22.2. The van der Waals surface area contributed by atoms with E-state index in [0.717, 1.165) is 16.3 Å². The fraction of sp³-hybridized carbons (Fsp3) is 0.422. The molecular weight excluding hydrogens is 841 g/mol. The molecule has 0 aromatic heterocycles. The van der Waals surface area contributed by atoms with Gasteiger partial charge in [0.15, 0.2) is 17.5 Å². The van der Waals surface area contributed by atoms with E-state index in [4.69, 9.17) is 77.0 Å². The maximum absolute atomic E-state index is 14.1. The van der Waals surface area contributed by atoms with E-state index in [1.807, 2.05) is 0 Å². The van der Waals surface area contributed by atoms with Crippen molar-refractivity contribution in [2.24, 2.45) is 39.4 Å². The van der Waals surface area contributed by atoms with Gasteiger partial charge in [0.05, 0.1) is 98.9 Å². The second-order valence-electron chi connectivity index (χ2n) is 14.4. The highest BCUT2D eigenvalue weighted by Gasteiger charge is 2.20. The Balaban J connectivity index is 1.27. The van der Waals surface area contributed by atoms with Gasteiger partial charge in [-0.15, -0.1) is 0 Å². The van der Waals surface area contributed by atoms with Gasteiger partial charge in [-0.2, -0.15) is 0 Å². The fourth-order valence-electron chi connectivity index (χ4n) is 6.66. The second kappa shape index (κ2) is 27.7. The van der Waals surface area contributed by atoms with E-state index in [1.54, 1.807) is 12.1 Å². The lowest BCUT2D eigenvalue weighted by Gasteiger charge is -2.19. The predicted octanol–water partition coefficient (Wildman–Crippen LogP) is -2.27. The number of nitrogens with zero attached hydrogens (tertiary/aromatic N) is 1. The van der Waals surface area contributed by atoms with E-state index in [0.29, 0.717) is 84.7 Å². The molecule has 1 amide bonds. The van der Waals surface area contributed by atoms with E-state index in [2.05, 4.69) is 74.9 Å². The van der Waals surface area contributed by atoms with Crippen LogP contribution in [0.15, 0.2) is 71.7 Å². The number of ether oxygens (including phenoxy) is 9. The first-order valence-electron chi connectivity index (χ1n) is 21.5. The SMILES string of the molecule is NC(N)=NCCOCCOCCOc1c(OCCOCCOCC[NH+]=C(N)N)cc(C(=O)NCc2ccc3ccc4cccc5ccc2c3c45)cc1OCCOCCOCC[NH+]=C(N)N. The van der Waals surface area contributed by atoms with Crippen molar-refractivity contribution in [3.63, 3.8) is 0 Å². The van der Waals surface area contributed by atoms with Crippen LogP contribution in [-0.2, 0) is 35.0 Å². The van der Waals surface area contributed by atoms with Gasteiger partial charge in [0.2, 0.25) is 5.75 Å². The zero-order valence-corrected chi connectivity index (χ0v) is 36.8. The van der Waals surface area contributed by atoms with Crippen LogP contribution >= 0.6 is 0 Å². The number of benzene rings is 5. The highest BCUT2D eigenvalue weighted by molar-refractivity contribution is 6.23. The number of amides is 1. The van der Waals surface area contributed by atoms with Crippen molar-refractivity contribution in [1.29, 1.82) is 0 Å². The summed E-state index contributed by atoms with van der Waals surface area (Å²) in [5.74, 6) is 0.765. The molecule has 65 heavy (non-hydrogen) atoms. The Morgan fingerprint density at radius 1 is 0.523 bits per heavy atom. The minimum Gasteiger partial charge on any atom is -0.487 e. The summed E-state index contributed by atoms with van der Waals surface area (Å²) in [6.45, 7) is 5.84. The van der Waals surface area contributed by atoms with Crippen LogP contribution in [0.5, 0.6) is 17.2 Å². The Morgan fingerprint density at radius 3 is 1.52 bits per heavy atom. The van der Waals surface area contributed by atoms with Crippen molar-refractivity contribution in [2.75, 3.05) is 119 Å². The molecule has 0 aliphatic carbocycles. The first kappa shape index (κ1) is 49.6. The lowest BCUT2D eigenvalue weighted by Crippen LogP contribution is -2.79. The van der Waals surface area contributed by atoms with E-state index < -0.39 is 0 Å². The number of aliphatic imine (C=N–C) groups is 1. The topological polar surface area (TPSA) is 309 Å². The number of hydrogen-bond acceptors (Lipinski definition) is 11. The van der Waals surface area contributed by atoms with Crippen molar-refractivity contribution >= 4 is 56.1 Å². The summed E-state index contributed by atoms with van der Waals surface area (Å²) >= 11 is 0. The molecule has 20 nitrogen and oxygen atoms in total.